The van der Waals surface area contributed by atoms with Crippen molar-refractivity contribution >= 4 is 34.6 Å². The maximum absolute atomic E-state index is 6.00. The van der Waals surface area contributed by atoms with E-state index in [1.165, 1.54) is 0 Å². The Balaban J connectivity index is 2.27. The summed E-state index contributed by atoms with van der Waals surface area (Å²) in [5.74, 6) is 0. The van der Waals surface area contributed by atoms with E-state index >= 15 is 0 Å². The van der Waals surface area contributed by atoms with Gasteiger partial charge in [-0.3, -0.25) is 0 Å². The van der Waals surface area contributed by atoms with Crippen molar-refractivity contribution in [1.82, 2.24) is 0 Å². The van der Waals surface area contributed by atoms with E-state index in [0.29, 0.717) is 15.7 Å². The van der Waals surface area contributed by atoms with E-state index in [1.54, 1.807) is 6.07 Å². The molecular weight excluding hydrogens is 247 g/mol. The molecule has 1 aliphatic rings. The fourth-order valence-corrected chi connectivity index (χ4v) is 2.14. The molecule has 88 valence electrons. The third-order valence-electron chi connectivity index (χ3n) is 2.63. The highest BCUT2D eigenvalue weighted by Crippen LogP contribution is 2.33. The quantitative estimate of drug-likeness (QED) is 0.790. The fourth-order valence-electron chi connectivity index (χ4n) is 1.81. The number of hydrogen-bond donors (Lipinski definition) is 1. The van der Waals surface area contributed by atoms with Gasteiger partial charge in [-0.15, -0.1) is 0 Å². The summed E-state index contributed by atoms with van der Waals surface area (Å²) in [6.07, 6.45) is 1.000. The molecule has 0 aromatic heterocycles. The van der Waals surface area contributed by atoms with Gasteiger partial charge in [0.15, 0.2) is 0 Å². The van der Waals surface area contributed by atoms with Crippen LogP contribution in [0.5, 0.6) is 0 Å². The summed E-state index contributed by atoms with van der Waals surface area (Å²) >= 11 is 11.9. The van der Waals surface area contributed by atoms with E-state index in [9.17, 15) is 0 Å². The van der Waals surface area contributed by atoms with E-state index in [1.807, 2.05) is 6.07 Å². The SMILES string of the molecule is Nc1cc(Cl)c(Cl)cc1N1CCCOCC1. The molecule has 1 aliphatic heterocycles. The van der Waals surface area contributed by atoms with Gasteiger partial charge >= 0.3 is 0 Å². The lowest BCUT2D eigenvalue weighted by Gasteiger charge is -2.24. The van der Waals surface area contributed by atoms with Crippen LogP contribution in [0.2, 0.25) is 10.0 Å². The maximum Gasteiger partial charge on any atom is 0.0641 e. The lowest BCUT2D eigenvalue weighted by atomic mass is 10.2. The number of nitrogens with two attached hydrogens (primary N) is 1. The molecule has 1 aromatic carbocycles. The van der Waals surface area contributed by atoms with Crippen LogP contribution in [0.4, 0.5) is 11.4 Å². The highest BCUT2D eigenvalue weighted by molar-refractivity contribution is 6.42. The summed E-state index contributed by atoms with van der Waals surface area (Å²) in [4.78, 5) is 2.19. The predicted molar refractivity (Wildman–Crippen MR) is 68.5 cm³/mol. The number of benzene rings is 1. The molecular formula is C11H14Cl2N2O. The molecule has 1 heterocycles. The van der Waals surface area contributed by atoms with E-state index in [4.69, 9.17) is 33.7 Å². The van der Waals surface area contributed by atoms with Gasteiger partial charge in [0.05, 0.1) is 28.0 Å². The van der Waals surface area contributed by atoms with Crippen LogP contribution in [0.25, 0.3) is 0 Å². The minimum Gasteiger partial charge on any atom is -0.397 e. The van der Waals surface area contributed by atoms with E-state index in [-0.39, 0.29) is 0 Å². The van der Waals surface area contributed by atoms with Crippen LogP contribution in [0.3, 0.4) is 0 Å². The van der Waals surface area contributed by atoms with Crippen LogP contribution >= 0.6 is 23.2 Å². The summed E-state index contributed by atoms with van der Waals surface area (Å²) in [5, 5.41) is 1.03. The number of nitrogens with zero attached hydrogens (tertiary/aromatic N) is 1. The second-order valence-corrected chi connectivity index (χ2v) is 4.59. The topological polar surface area (TPSA) is 38.5 Å². The van der Waals surface area contributed by atoms with Gasteiger partial charge < -0.3 is 15.4 Å². The molecule has 2 rings (SSSR count). The Kier molecular flexibility index (Phi) is 3.79. The second kappa shape index (κ2) is 5.13. The standard InChI is InChI=1S/C11H14Cl2N2O/c12-8-6-10(14)11(7-9(8)13)15-2-1-4-16-5-3-15/h6-7H,1-5,14H2. The molecule has 5 heteroatoms. The van der Waals surface area contributed by atoms with E-state index < -0.39 is 0 Å². The number of halogens is 2. The van der Waals surface area contributed by atoms with Crippen molar-refractivity contribution in [1.29, 1.82) is 0 Å². The van der Waals surface area contributed by atoms with Crippen LogP contribution < -0.4 is 10.6 Å². The zero-order valence-corrected chi connectivity index (χ0v) is 10.4. The number of anilines is 2. The molecule has 1 aromatic rings. The van der Waals surface area contributed by atoms with Crippen molar-refractivity contribution < 1.29 is 4.74 Å². The molecule has 0 unspecified atom stereocenters. The average Bonchev–Trinajstić information content (AvgIpc) is 2.52. The molecule has 2 N–H and O–H groups in total. The van der Waals surface area contributed by atoms with E-state index in [0.717, 1.165) is 38.4 Å². The first-order valence-electron chi connectivity index (χ1n) is 5.25. The Bertz CT molecular complexity index is 376. The largest absolute Gasteiger partial charge is 0.397 e. The van der Waals surface area contributed by atoms with Crippen LogP contribution in [0.15, 0.2) is 12.1 Å². The van der Waals surface area contributed by atoms with Crippen molar-refractivity contribution in [2.75, 3.05) is 36.9 Å². The molecule has 0 saturated carbocycles. The van der Waals surface area contributed by atoms with Gasteiger partial charge in [-0.25, -0.2) is 0 Å². The molecule has 0 amide bonds. The minimum absolute atomic E-state index is 0.494. The third-order valence-corrected chi connectivity index (χ3v) is 3.35. The zero-order chi connectivity index (χ0) is 11.5. The molecule has 1 saturated heterocycles. The lowest BCUT2D eigenvalue weighted by Crippen LogP contribution is -2.26. The Hall–Kier alpha value is -0.640. The zero-order valence-electron chi connectivity index (χ0n) is 8.88. The van der Waals surface area contributed by atoms with Crippen LogP contribution in [-0.2, 0) is 4.74 Å². The van der Waals surface area contributed by atoms with Crippen molar-refractivity contribution in [3.63, 3.8) is 0 Å². The summed E-state index contributed by atoms with van der Waals surface area (Å²) in [6.45, 7) is 3.29. The Labute approximate surface area is 105 Å². The van der Waals surface area contributed by atoms with Gasteiger partial charge in [0, 0.05) is 19.7 Å². The van der Waals surface area contributed by atoms with Crippen LogP contribution in [0, 0.1) is 0 Å². The first-order chi connectivity index (χ1) is 7.68. The highest BCUT2D eigenvalue weighted by atomic mass is 35.5. The van der Waals surface area contributed by atoms with Crippen molar-refractivity contribution in [2.45, 2.75) is 6.42 Å². The number of hydrogen-bond acceptors (Lipinski definition) is 3. The number of rotatable bonds is 1. The number of ether oxygens (including phenoxy) is 1. The molecule has 1 fully saturated rings. The number of nitrogen functional groups attached to an aromatic ring is 1. The molecule has 0 aliphatic carbocycles. The van der Waals surface area contributed by atoms with Gasteiger partial charge in [-0.2, -0.15) is 0 Å². The molecule has 16 heavy (non-hydrogen) atoms. The van der Waals surface area contributed by atoms with Crippen molar-refractivity contribution in [3.8, 4) is 0 Å². The van der Waals surface area contributed by atoms with Gasteiger partial charge in [0.1, 0.15) is 0 Å². The summed E-state index contributed by atoms with van der Waals surface area (Å²) in [6, 6.07) is 3.52. The molecule has 0 radical (unpaired) electrons. The Morgan fingerprint density at radius 2 is 1.88 bits per heavy atom. The third kappa shape index (κ3) is 2.54. The monoisotopic (exact) mass is 260 g/mol. The second-order valence-electron chi connectivity index (χ2n) is 3.78. The van der Waals surface area contributed by atoms with E-state index in [2.05, 4.69) is 4.90 Å². The smallest absolute Gasteiger partial charge is 0.0641 e. The molecule has 0 atom stereocenters. The highest BCUT2D eigenvalue weighted by Gasteiger charge is 2.14. The first-order valence-corrected chi connectivity index (χ1v) is 6.01. The normalized spacial score (nSPS) is 17.2. The summed E-state index contributed by atoms with van der Waals surface area (Å²) in [5.41, 5.74) is 7.55. The summed E-state index contributed by atoms with van der Waals surface area (Å²) in [7, 11) is 0. The fraction of sp³-hybridized carbons (Fsp3) is 0.455. The lowest BCUT2D eigenvalue weighted by molar-refractivity contribution is 0.152. The van der Waals surface area contributed by atoms with Gasteiger partial charge in [-0.05, 0) is 18.6 Å². The first kappa shape index (κ1) is 11.8. The molecule has 0 bridgehead atoms. The van der Waals surface area contributed by atoms with Crippen LogP contribution in [0.1, 0.15) is 6.42 Å². The molecule has 3 nitrogen and oxygen atoms in total. The van der Waals surface area contributed by atoms with Crippen LogP contribution in [-0.4, -0.2) is 26.3 Å². The van der Waals surface area contributed by atoms with Gasteiger partial charge in [0.25, 0.3) is 0 Å². The predicted octanol–water partition coefficient (Wildman–Crippen LogP) is 2.80. The summed E-state index contributed by atoms with van der Waals surface area (Å²) < 4.78 is 5.40. The minimum atomic E-state index is 0.494. The van der Waals surface area contributed by atoms with Gasteiger partial charge in [-0.1, -0.05) is 23.2 Å². The Morgan fingerprint density at radius 1 is 1.12 bits per heavy atom. The van der Waals surface area contributed by atoms with Gasteiger partial charge in [0.2, 0.25) is 0 Å². The maximum atomic E-state index is 6.00. The van der Waals surface area contributed by atoms with Crippen molar-refractivity contribution in [3.05, 3.63) is 22.2 Å². The Morgan fingerprint density at radius 3 is 2.69 bits per heavy atom. The average molecular weight is 261 g/mol. The van der Waals surface area contributed by atoms with Crippen molar-refractivity contribution in [2.24, 2.45) is 0 Å². The molecule has 0 spiro atoms.